The summed E-state index contributed by atoms with van der Waals surface area (Å²) in [6, 6.07) is 20.1. The molecule has 2 aromatic carbocycles. The van der Waals surface area contributed by atoms with Crippen LogP contribution in [0, 0.1) is 0 Å². The topological polar surface area (TPSA) is 88.5 Å². The van der Waals surface area contributed by atoms with Crippen molar-refractivity contribution >= 4 is 22.5 Å². The Kier molecular flexibility index (Phi) is 5.21. The number of carbonyl (C=O) groups is 1. The molecule has 1 amide bonds. The zero-order chi connectivity index (χ0) is 21.9. The quantitative estimate of drug-likeness (QED) is 0.400. The van der Waals surface area contributed by atoms with Crippen molar-refractivity contribution in [3.8, 4) is 11.1 Å². The van der Waals surface area contributed by atoms with Crippen LogP contribution >= 0.6 is 0 Å². The van der Waals surface area contributed by atoms with E-state index in [2.05, 4.69) is 44.7 Å². The van der Waals surface area contributed by atoms with E-state index in [1.165, 1.54) is 5.56 Å². The molecule has 0 bridgehead atoms. The predicted molar refractivity (Wildman–Crippen MR) is 124 cm³/mol. The predicted octanol–water partition coefficient (Wildman–Crippen LogP) is 5.07. The molecule has 0 fully saturated rings. The van der Waals surface area contributed by atoms with E-state index in [1.807, 2.05) is 59.4 Å². The van der Waals surface area contributed by atoms with Crippen molar-refractivity contribution in [1.82, 2.24) is 25.0 Å². The van der Waals surface area contributed by atoms with Crippen molar-refractivity contribution < 1.29 is 4.79 Å². The summed E-state index contributed by atoms with van der Waals surface area (Å²) < 4.78 is 1.88. The number of aromatic amines is 1. The minimum atomic E-state index is -0.278. The molecule has 32 heavy (non-hydrogen) atoms. The lowest BCUT2D eigenvalue weighted by atomic mass is 10.0. The van der Waals surface area contributed by atoms with Gasteiger partial charge in [-0.2, -0.15) is 10.2 Å². The zero-order valence-corrected chi connectivity index (χ0v) is 17.6. The fourth-order valence-corrected chi connectivity index (χ4v) is 3.93. The largest absolute Gasteiger partial charge is 0.318 e. The van der Waals surface area contributed by atoms with Gasteiger partial charge in [-0.05, 0) is 47.4 Å². The van der Waals surface area contributed by atoms with Crippen molar-refractivity contribution in [1.29, 1.82) is 0 Å². The highest BCUT2D eigenvalue weighted by Gasteiger charge is 2.17. The Morgan fingerprint density at radius 3 is 2.66 bits per heavy atom. The number of aromatic nitrogens is 5. The summed E-state index contributed by atoms with van der Waals surface area (Å²) in [5.74, 6) is -0.278. The van der Waals surface area contributed by atoms with Gasteiger partial charge in [0.05, 0.1) is 23.4 Å². The first-order valence-corrected chi connectivity index (χ1v) is 10.5. The lowest BCUT2D eigenvalue weighted by molar-refractivity contribution is 0.102. The summed E-state index contributed by atoms with van der Waals surface area (Å²) >= 11 is 0. The van der Waals surface area contributed by atoms with Gasteiger partial charge < -0.3 is 5.32 Å². The summed E-state index contributed by atoms with van der Waals surface area (Å²) in [6.07, 6.45) is 7.93. The number of anilines is 1. The third kappa shape index (κ3) is 3.76. The van der Waals surface area contributed by atoms with Crippen LogP contribution < -0.4 is 5.32 Å². The second-order valence-electron chi connectivity index (χ2n) is 7.57. The van der Waals surface area contributed by atoms with Gasteiger partial charge in [0, 0.05) is 24.0 Å². The van der Waals surface area contributed by atoms with Gasteiger partial charge in [0.15, 0.2) is 5.69 Å². The molecule has 1 atom stereocenters. The second kappa shape index (κ2) is 8.47. The Labute approximate surface area is 185 Å². The standard InChI is InChI=1S/C25H22N6O/c1-2-23(18-6-4-3-5-7-18)31-16-20(15-27-31)28-25(32)24-21-9-8-19(14-22(21)29-30-24)17-10-12-26-13-11-17/h3-16,23H,2H2,1H3,(H,28,32)(H,29,30)/t23-/m0/s1. The first kappa shape index (κ1) is 19.7. The maximum atomic E-state index is 12.9. The van der Waals surface area contributed by atoms with Crippen molar-refractivity contribution in [2.45, 2.75) is 19.4 Å². The van der Waals surface area contributed by atoms with Crippen LogP contribution in [0.4, 0.5) is 5.69 Å². The van der Waals surface area contributed by atoms with Crippen molar-refractivity contribution in [3.63, 3.8) is 0 Å². The lowest BCUT2D eigenvalue weighted by Gasteiger charge is -2.15. The molecule has 0 spiro atoms. The second-order valence-corrected chi connectivity index (χ2v) is 7.57. The van der Waals surface area contributed by atoms with Gasteiger partial charge in [-0.1, -0.05) is 43.3 Å². The van der Waals surface area contributed by atoms with Gasteiger partial charge in [-0.15, -0.1) is 0 Å². The number of hydrogen-bond acceptors (Lipinski definition) is 4. The van der Waals surface area contributed by atoms with Gasteiger partial charge in [0.1, 0.15) is 0 Å². The minimum absolute atomic E-state index is 0.111. The summed E-state index contributed by atoms with van der Waals surface area (Å²) in [5.41, 5.74) is 5.05. The van der Waals surface area contributed by atoms with Crippen molar-refractivity contribution in [2.75, 3.05) is 5.32 Å². The molecule has 7 nitrogen and oxygen atoms in total. The van der Waals surface area contributed by atoms with E-state index >= 15 is 0 Å². The van der Waals surface area contributed by atoms with Crippen LogP contribution in [0.3, 0.4) is 0 Å². The normalized spacial score (nSPS) is 12.0. The molecule has 0 aliphatic carbocycles. The average Bonchev–Trinajstić information content (AvgIpc) is 3.47. The molecule has 0 radical (unpaired) electrons. The molecule has 0 aliphatic rings. The van der Waals surface area contributed by atoms with Crippen LogP contribution in [0.25, 0.3) is 22.0 Å². The Morgan fingerprint density at radius 1 is 1.06 bits per heavy atom. The monoisotopic (exact) mass is 422 g/mol. The van der Waals surface area contributed by atoms with Crippen LogP contribution in [0.15, 0.2) is 85.5 Å². The molecule has 7 heteroatoms. The molecule has 5 rings (SSSR count). The van der Waals surface area contributed by atoms with E-state index in [1.54, 1.807) is 18.6 Å². The maximum absolute atomic E-state index is 12.9. The van der Waals surface area contributed by atoms with Crippen molar-refractivity contribution in [2.24, 2.45) is 0 Å². The number of nitrogens with one attached hydrogen (secondary N) is 2. The Hall–Kier alpha value is -4.26. The van der Waals surface area contributed by atoms with Gasteiger partial charge in [-0.3, -0.25) is 19.6 Å². The fourth-order valence-electron chi connectivity index (χ4n) is 3.93. The molecule has 5 aromatic rings. The van der Waals surface area contributed by atoms with Crippen LogP contribution in [0.5, 0.6) is 0 Å². The van der Waals surface area contributed by atoms with Gasteiger partial charge in [0.2, 0.25) is 0 Å². The number of amides is 1. The van der Waals surface area contributed by atoms with Crippen LogP contribution in [0.2, 0.25) is 0 Å². The van der Waals surface area contributed by atoms with Crippen LogP contribution in [-0.4, -0.2) is 30.9 Å². The van der Waals surface area contributed by atoms with Crippen LogP contribution in [0.1, 0.15) is 35.4 Å². The molecular formula is C25H22N6O. The maximum Gasteiger partial charge on any atom is 0.276 e. The number of hydrogen-bond donors (Lipinski definition) is 2. The van der Waals surface area contributed by atoms with Crippen LogP contribution in [-0.2, 0) is 0 Å². The molecule has 158 valence electrons. The number of benzene rings is 2. The van der Waals surface area contributed by atoms with Crippen molar-refractivity contribution in [3.05, 3.63) is 96.7 Å². The number of pyridine rings is 1. The lowest BCUT2D eigenvalue weighted by Crippen LogP contribution is -2.13. The van der Waals surface area contributed by atoms with E-state index in [-0.39, 0.29) is 11.9 Å². The van der Waals surface area contributed by atoms with Gasteiger partial charge >= 0.3 is 0 Å². The number of fused-ring (bicyclic) bond motifs is 1. The minimum Gasteiger partial charge on any atom is -0.318 e. The Balaban J connectivity index is 1.36. The number of H-pyrrole nitrogens is 1. The van der Waals surface area contributed by atoms with E-state index < -0.39 is 0 Å². The summed E-state index contributed by atoms with van der Waals surface area (Å²) in [7, 11) is 0. The first-order chi connectivity index (χ1) is 15.7. The SMILES string of the molecule is CC[C@@H](c1ccccc1)n1cc(NC(=O)c2n[nH]c3cc(-c4ccncc4)ccc23)cn1. The highest BCUT2D eigenvalue weighted by Crippen LogP contribution is 2.26. The molecule has 0 unspecified atom stereocenters. The fraction of sp³-hybridized carbons (Fsp3) is 0.120. The summed E-state index contributed by atoms with van der Waals surface area (Å²) in [6.45, 7) is 2.12. The molecule has 0 saturated heterocycles. The third-order valence-corrected chi connectivity index (χ3v) is 5.54. The number of rotatable bonds is 6. The highest BCUT2D eigenvalue weighted by atomic mass is 16.2. The third-order valence-electron chi connectivity index (χ3n) is 5.54. The first-order valence-electron chi connectivity index (χ1n) is 10.5. The zero-order valence-electron chi connectivity index (χ0n) is 17.6. The van der Waals surface area contributed by atoms with E-state index in [4.69, 9.17) is 0 Å². The average molecular weight is 422 g/mol. The molecule has 0 saturated carbocycles. The summed E-state index contributed by atoms with van der Waals surface area (Å²) in [5, 5.41) is 15.4. The Bertz CT molecular complexity index is 1360. The molecule has 2 N–H and O–H groups in total. The Morgan fingerprint density at radius 2 is 1.88 bits per heavy atom. The van der Waals surface area contributed by atoms with E-state index in [9.17, 15) is 4.79 Å². The number of carbonyl (C=O) groups excluding carboxylic acids is 1. The molecule has 3 aromatic heterocycles. The molecule has 0 aliphatic heterocycles. The van der Waals surface area contributed by atoms with Gasteiger partial charge in [-0.25, -0.2) is 0 Å². The van der Waals surface area contributed by atoms with E-state index in [0.717, 1.165) is 28.5 Å². The molecule has 3 heterocycles. The number of nitrogens with zero attached hydrogens (tertiary/aromatic N) is 4. The van der Waals surface area contributed by atoms with E-state index in [0.29, 0.717) is 11.4 Å². The van der Waals surface area contributed by atoms with Gasteiger partial charge in [0.25, 0.3) is 5.91 Å². The summed E-state index contributed by atoms with van der Waals surface area (Å²) in [4.78, 5) is 17.0. The highest BCUT2D eigenvalue weighted by molar-refractivity contribution is 6.11. The molecular weight excluding hydrogens is 400 g/mol. The smallest absolute Gasteiger partial charge is 0.276 e.